The van der Waals surface area contributed by atoms with Crippen LogP contribution in [0.25, 0.3) is 11.1 Å². The second-order valence-corrected chi connectivity index (χ2v) is 5.78. The quantitative estimate of drug-likeness (QED) is 0.813. The van der Waals surface area contributed by atoms with Crippen molar-refractivity contribution >= 4 is 11.7 Å². The van der Waals surface area contributed by atoms with E-state index in [-0.39, 0.29) is 5.97 Å². The van der Waals surface area contributed by atoms with Crippen molar-refractivity contribution in [3.8, 4) is 11.1 Å². The summed E-state index contributed by atoms with van der Waals surface area (Å²) in [6.45, 7) is 3.84. The lowest BCUT2D eigenvalue weighted by Crippen LogP contribution is -2.47. The van der Waals surface area contributed by atoms with Crippen molar-refractivity contribution in [1.82, 2.24) is 4.98 Å². The molecule has 1 aliphatic rings. The van der Waals surface area contributed by atoms with Gasteiger partial charge in [0, 0.05) is 36.6 Å². The molecule has 4 nitrogen and oxygen atoms in total. The maximum Gasteiger partial charge on any atom is 0.305 e. The van der Waals surface area contributed by atoms with Crippen LogP contribution in [0.3, 0.4) is 0 Å². The number of aryl methyl sites for hydroxylation is 1. The average Bonchev–Trinajstić information content (AvgIpc) is 2.50. The highest BCUT2D eigenvalue weighted by Crippen LogP contribution is 2.29. The Morgan fingerprint density at radius 1 is 1.23 bits per heavy atom. The third-order valence-corrected chi connectivity index (χ3v) is 4.10. The van der Waals surface area contributed by atoms with Crippen LogP contribution >= 0.6 is 0 Å². The molecule has 0 unspecified atom stereocenters. The van der Waals surface area contributed by atoms with E-state index in [1.807, 2.05) is 19.2 Å². The molecular weight excluding hydrogens is 276 g/mol. The molecule has 3 rings (SSSR count). The Bertz CT molecular complexity index is 661. The molecule has 0 N–H and O–H groups in total. The maximum absolute atomic E-state index is 11.2. The smallest absolute Gasteiger partial charge is 0.305 e. The Balaban J connectivity index is 1.63. The van der Waals surface area contributed by atoms with E-state index in [2.05, 4.69) is 40.2 Å². The first kappa shape index (κ1) is 14.6. The van der Waals surface area contributed by atoms with Gasteiger partial charge in [0.25, 0.3) is 0 Å². The normalized spacial score (nSPS) is 14.5. The number of esters is 1. The number of rotatable bonds is 4. The number of benzene rings is 1. The first-order chi connectivity index (χ1) is 10.7. The highest BCUT2D eigenvalue weighted by Gasteiger charge is 2.28. The molecule has 0 bridgehead atoms. The highest BCUT2D eigenvalue weighted by molar-refractivity contribution is 5.70. The van der Waals surface area contributed by atoms with Gasteiger partial charge in [0.05, 0.1) is 13.5 Å². The number of aromatic nitrogens is 1. The Morgan fingerprint density at radius 2 is 1.95 bits per heavy atom. The minimum Gasteiger partial charge on any atom is -0.469 e. The minimum absolute atomic E-state index is 0.118. The summed E-state index contributed by atoms with van der Waals surface area (Å²) >= 11 is 0. The zero-order valence-electron chi connectivity index (χ0n) is 13.0. The van der Waals surface area contributed by atoms with Crippen LogP contribution in [0.1, 0.15) is 12.1 Å². The Kier molecular flexibility index (Phi) is 4.09. The molecule has 0 aliphatic carbocycles. The van der Waals surface area contributed by atoms with E-state index >= 15 is 0 Å². The fraction of sp³-hybridized carbons (Fsp3) is 0.333. The van der Waals surface area contributed by atoms with Crippen molar-refractivity contribution in [2.45, 2.75) is 13.3 Å². The Hall–Kier alpha value is -2.36. The van der Waals surface area contributed by atoms with Gasteiger partial charge in [-0.1, -0.05) is 12.1 Å². The van der Waals surface area contributed by atoms with Crippen LogP contribution in [0.4, 0.5) is 5.69 Å². The van der Waals surface area contributed by atoms with Crippen LogP contribution in [-0.4, -0.2) is 31.2 Å². The molecule has 1 saturated heterocycles. The molecule has 2 heterocycles. The third kappa shape index (κ3) is 3.11. The molecular formula is C18H20N2O2. The molecule has 1 aromatic heterocycles. The molecule has 1 aromatic carbocycles. The number of hydrogen-bond donors (Lipinski definition) is 0. The molecule has 0 saturated carbocycles. The molecule has 0 radical (unpaired) electrons. The molecule has 1 fully saturated rings. The summed E-state index contributed by atoms with van der Waals surface area (Å²) in [5.74, 6) is 0.294. The van der Waals surface area contributed by atoms with Gasteiger partial charge in [0.1, 0.15) is 0 Å². The van der Waals surface area contributed by atoms with Crippen LogP contribution in [0.15, 0.2) is 42.6 Å². The maximum atomic E-state index is 11.2. The average molecular weight is 296 g/mol. The summed E-state index contributed by atoms with van der Waals surface area (Å²) in [5.41, 5.74) is 4.61. The lowest BCUT2D eigenvalue weighted by atomic mass is 9.95. The molecule has 114 valence electrons. The second-order valence-electron chi connectivity index (χ2n) is 5.78. The van der Waals surface area contributed by atoms with Crippen molar-refractivity contribution in [3.63, 3.8) is 0 Å². The van der Waals surface area contributed by atoms with Crippen LogP contribution in [0.5, 0.6) is 0 Å². The third-order valence-electron chi connectivity index (χ3n) is 4.10. The molecule has 22 heavy (non-hydrogen) atoms. The van der Waals surface area contributed by atoms with Crippen molar-refractivity contribution < 1.29 is 9.53 Å². The molecule has 0 amide bonds. The van der Waals surface area contributed by atoms with Gasteiger partial charge in [-0.3, -0.25) is 9.78 Å². The van der Waals surface area contributed by atoms with Crippen molar-refractivity contribution in [2.75, 3.05) is 25.1 Å². The molecule has 1 aliphatic heterocycles. The largest absolute Gasteiger partial charge is 0.469 e. The SMILES string of the molecule is COC(=O)CC1CN(c2ccc(-c3ccnc(C)c3)cc2)C1. The van der Waals surface area contributed by atoms with Gasteiger partial charge >= 0.3 is 5.97 Å². The molecule has 0 spiro atoms. The number of anilines is 1. The number of nitrogens with zero attached hydrogens (tertiary/aromatic N) is 2. The summed E-state index contributed by atoms with van der Waals surface area (Å²) in [5, 5.41) is 0. The van der Waals surface area contributed by atoms with E-state index in [1.54, 1.807) is 0 Å². The van der Waals surface area contributed by atoms with E-state index in [9.17, 15) is 4.79 Å². The van der Waals surface area contributed by atoms with Gasteiger partial charge in [0.2, 0.25) is 0 Å². The van der Waals surface area contributed by atoms with Gasteiger partial charge in [-0.05, 0) is 42.3 Å². The topological polar surface area (TPSA) is 42.4 Å². The number of carbonyl (C=O) groups excluding carboxylic acids is 1. The zero-order chi connectivity index (χ0) is 15.5. The Labute approximate surface area is 130 Å². The van der Waals surface area contributed by atoms with Crippen LogP contribution in [0, 0.1) is 12.8 Å². The van der Waals surface area contributed by atoms with Crippen LogP contribution in [0.2, 0.25) is 0 Å². The van der Waals surface area contributed by atoms with E-state index in [4.69, 9.17) is 4.74 Å². The van der Waals surface area contributed by atoms with Crippen LogP contribution < -0.4 is 4.90 Å². The molecule has 2 aromatic rings. The van der Waals surface area contributed by atoms with E-state index < -0.39 is 0 Å². The highest BCUT2D eigenvalue weighted by atomic mass is 16.5. The van der Waals surface area contributed by atoms with E-state index in [0.717, 1.165) is 18.8 Å². The summed E-state index contributed by atoms with van der Waals surface area (Å²) in [6.07, 6.45) is 2.35. The van der Waals surface area contributed by atoms with Crippen LogP contribution in [-0.2, 0) is 9.53 Å². The van der Waals surface area contributed by atoms with E-state index in [1.165, 1.54) is 23.9 Å². The van der Waals surface area contributed by atoms with Gasteiger partial charge in [-0.25, -0.2) is 0 Å². The van der Waals surface area contributed by atoms with E-state index in [0.29, 0.717) is 12.3 Å². The first-order valence-electron chi connectivity index (χ1n) is 7.50. The number of pyridine rings is 1. The van der Waals surface area contributed by atoms with Crippen molar-refractivity contribution in [3.05, 3.63) is 48.3 Å². The summed E-state index contributed by atoms with van der Waals surface area (Å²) in [6, 6.07) is 12.7. The van der Waals surface area contributed by atoms with Gasteiger partial charge in [-0.2, -0.15) is 0 Å². The lowest BCUT2D eigenvalue weighted by Gasteiger charge is -2.40. The summed E-state index contributed by atoms with van der Waals surface area (Å²) < 4.78 is 4.71. The minimum atomic E-state index is -0.118. The summed E-state index contributed by atoms with van der Waals surface area (Å²) in [4.78, 5) is 17.8. The number of methoxy groups -OCH3 is 1. The number of carbonyl (C=O) groups is 1. The predicted molar refractivity (Wildman–Crippen MR) is 86.7 cm³/mol. The fourth-order valence-electron chi connectivity index (χ4n) is 2.82. The Morgan fingerprint density at radius 3 is 2.59 bits per heavy atom. The standard InChI is InChI=1S/C18H20N2O2/c1-13-9-16(7-8-19-13)15-3-5-17(6-4-15)20-11-14(12-20)10-18(21)22-2/h3-9,14H,10-12H2,1-2H3. The lowest BCUT2D eigenvalue weighted by molar-refractivity contribution is -0.141. The molecule has 4 heteroatoms. The van der Waals surface area contributed by atoms with Crippen molar-refractivity contribution in [1.29, 1.82) is 0 Å². The van der Waals surface area contributed by atoms with Gasteiger partial charge in [0.15, 0.2) is 0 Å². The van der Waals surface area contributed by atoms with Gasteiger partial charge in [-0.15, -0.1) is 0 Å². The molecule has 0 atom stereocenters. The first-order valence-corrected chi connectivity index (χ1v) is 7.50. The number of hydrogen-bond acceptors (Lipinski definition) is 4. The monoisotopic (exact) mass is 296 g/mol. The number of ether oxygens (including phenoxy) is 1. The second kappa shape index (κ2) is 6.18. The zero-order valence-corrected chi connectivity index (χ0v) is 13.0. The van der Waals surface area contributed by atoms with Crippen molar-refractivity contribution in [2.24, 2.45) is 5.92 Å². The van der Waals surface area contributed by atoms with Gasteiger partial charge < -0.3 is 9.64 Å². The predicted octanol–water partition coefficient (Wildman–Crippen LogP) is 3.06. The fourth-order valence-corrected chi connectivity index (χ4v) is 2.82. The summed E-state index contributed by atoms with van der Waals surface area (Å²) in [7, 11) is 1.44.